The number of piperidine rings is 1. The lowest BCUT2D eigenvalue weighted by atomic mass is 9.94. The van der Waals surface area contributed by atoms with Crippen LogP contribution < -0.4 is 10.1 Å². The van der Waals surface area contributed by atoms with Gasteiger partial charge >= 0.3 is 0 Å². The highest BCUT2D eigenvalue weighted by Crippen LogP contribution is 2.27. The van der Waals surface area contributed by atoms with E-state index in [0.717, 1.165) is 48.5 Å². The monoisotopic (exact) mass is 423 g/mol. The third-order valence-electron chi connectivity index (χ3n) is 5.56. The molecule has 2 aromatic carbocycles. The van der Waals surface area contributed by atoms with Gasteiger partial charge in [-0.15, -0.1) is 0 Å². The molecule has 1 atom stereocenters. The van der Waals surface area contributed by atoms with Gasteiger partial charge in [-0.2, -0.15) is 0 Å². The molecule has 1 fully saturated rings. The molecule has 1 unspecified atom stereocenters. The first kappa shape index (κ1) is 21.1. The third-order valence-corrected chi connectivity index (χ3v) is 5.56. The van der Waals surface area contributed by atoms with E-state index in [0.29, 0.717) is 13.1 Å². The first-order chi connectivity index (χ1) is 15.1. The predicted octanol–water partition coefficient (Wildman–Crippen LogP) is 4.13. The van der Waals surface area contributed by atoms with Gasteiger partial charge in [0.25, 0.3) is 5.91 Å². The number of hydrogen-bond donors (Lipinski definition) is 1. The van der Waals surface area contributed by atoms with Crippen LogP contribution in [0.2, 0.25) is 0 Å². The second-order valence-corrected chi connectivity index (χ2v) is 7.85. The summed E-state index contributed by atoms with van der Waals surface area (Å²) < 4.78 is 24.0. The summed E-state index contributed by atoms with van der Waals surface area (Å²) in [5.41, 5.74) is 2.68. The van der Waals surface area contributed by atoms with E-state index >= 15 is 0 Å². The van der Waals surface area contributed by atoms with Crippen molar-refractivity contribution in [1.29, 1.82) is 0 Å². The molecular formula is C24H26FN3O3. The molecule has 2 heterocycles. The van der Waals surface area contributed by atoms with Gasteiger partial charge in [-0.1, -0.05) is 29.4 Å². The van der Waals surface area contributed by atoms with Crippen molar-refractivity contribution in [3.63, 3.8) is 0 Å². The number of nitrogens with one attached hydrogen (secondary N) is 1. The van der Waals surface area contributed by atoms with Crippen molar-refractivity contribution in [2.24, 2.45) is 0 Å². The molecule has 1 aliphatic rings. The van der Waals surface area contributed by atoms with E-state index in [9.17, 15) is 9.18 Å². The zero-order chi connectivity index (χ0) is 21.6. The van der Waals surface area contributed by atoms with Crippen LogP contribution in [0.25, 0.3) is 0 Å². The third kappa shape index (κ3) is 5.49. The molecule has 7 heteroatoms. The van der Waals surface area contributed by atoms with Crippen LogP contribution in [0, 0.1) is 5.82 Å². The maximum absolute atomic E-state index is 13.5. The molecule has 31 heavy (non-hydrogen) atoms. The maximum atomic E-state index is 13.5. The van der Waals surface area contributed by atoms with E-state index in [1.807, 2.05) is 30.3 Å². The number of amides is 1. The summed E-state index contributed by atoms with van der Waals surface area (Å²) in [4.78, 5) is 14.8. The summed E-state index contributed by atoms with van der Waals surface area (Å²) in [6, 6.07) is 16.0. The predicted molar refractivity (Wildman–Crippen MR) is 114 cm³/mol. The Morgan fingerprint density at radius 1 is 1.23 bits per heavy atom. The minimum absolute atomic E-state index is 0.186. The fourth-order valence-corrected chi connectivity index (χ4v) is 3.97. The standard InChI is InChI=1S/C24H26FN3O3/c1-30-21-9-3-5-17(12-21)14-26-24(29)23-13-22(27-31-23)19-7-4-10-28(16-19)15-18-6-2-8-20(25)11-18/h2-3,5-6,8-9,11-13,19H,4,7,10,14-16H2,1H3,(H,26,29). The molecule has 1 aliphatic heterocycles. The van der Waals surface area contributed by atoms with Gasteiger partial charge in [0, 0.05) is 31.6 Å². The van der Waals surface area contributed by atoms with Crippen molar-refractivity contribution >= 4 is 5.91 Å². The maximum Gasteiger partial charge on any atom is 0.290 e. The average Bonchev–Trinajstić information content (AvgIpc) is 3.28. The van der Waals surface area contributed by atoms with E-state index < -0.39 is 0 Å². The number of carbonyl (C=O) groups is 1. The molecule has 1 N–H and O–H groups in total. The number of nitrogens with zero attached hydrogens (tertiary/aromatic N) is 2. The van der Waals surface area contributed by atoms with Crippen molar-refractivity contribution < 1.29 is 18.4 Å². The highest BCUT2D eigenvalue weighted by Gasteiger charge is 2.25. The largest absolute Gasteiger partial charge is 0.497 e. The highest BCUT2D eigenvalue weighted by atomic mass is 19.1. The second kappa shape index (κ2) is 9.75. The van der Waals surface area contributed by atoms with Crippen LogP contribution in [-0.2, 0) is 13.1 Å². The van der Waals surface area contributed by atoms with Gasteiger partial charge in [-0.05, 0) is 54.8 Å². The van der Waals surface area contributed by atoms with Crippen molar-refractivity contribution in [3.8, 4) is 5.75 Å². The second-order valence-electron chi connectivity index (χ2n) is 7.85. The summed E-state index contributed by atoms with van der Waals surface area (Å²) >= 11 is 0. The minimum Gasteiger partial charge on any atom is -0.497 e. The first-order valence-electron chi connectivity index (χ1n) is 10.5. The Kier molecular flexibility index (Phi) is 6.62. The van der Waals surface area contributed by atoms with Crippen LogP contribution in [0.4, 0.5) is 4.39 Å². The fourth-order valence-electron chi connectivity index (χ4n) is 3.97. The number of hydrogen-bond acceptors (Lipinski definition) is 5. The molecule has 0 aliphatic carbocycles. The Morgan fingerprint density at radius 3 is 2.90 bits per heavy atom. The quantitative estimate of drug-likeness (QED) is 0.619. The number of aromatic nitrogens is 1. The van der Waals surface area contributed by atoms with Crippen LogP contribution in [0.15, 0.2) is 59.1 Å². The lowest BCUT2D eigenvalue weighted by molar-refractivity contribution is 0.0913. The lowest BCUT2D eigenvalue weighted by Gasteiger charge is -2.31. The van der Waals surface area contributed by atoms with E-state index in [1.165, 1.54) is 6.07 Å². The molecule has 1 amide bonds. The summed E-state index contributed by atoms with van der Waals surface area (Å²) in [6.07, 6.45) is 2.00. The van der Waals surface area contributed by atoms with Crippen LogP contribution in [0.1, 0.15) is 46.1 Å². The molecule has 0 bridgehead atoms. The molecule has 4 rings (SSSR count). The molecule has 0 radical (unpaired) electrons. The minimum atomic E-state index is -0.297. The first-order valence-corrected chi connectivity index (χ1v) is 10.5. The van der Waals surface area contributed by atoms with Crippen LogP contribution in [0.5, 0.6) is 5.75 Å². The highest BCUT2D eigenvalue weighted by molar-refractivity contribution is 5.91. The molecule has 0 saturated carbocycles. The Bertz CT molecular complexity index is 1040. The topological polar surface area (TPSA) is 67.6 Å². The molecule has 0 spiro atoms. The normalized spacial score (nSPS) is 16.8. The van der Waals surface area contributed by atoms with Gasteiger partial charge in [0.05, 0.1) is 12.8 Å². The van der Waals surface area contributed by atoms with Crippen molar-refractivity contribution in [3.05, 3.63) is 83.0 Å². The summed E-state index contributed by atoms with van der Waals surface area (Å²) in [7, 11) is 1.61. The number of carbonyl (C=O) groups excluding carboxylic acids is 1. The lowest BCUT2D eigenvalue weighted by Crippen LogP contribution is -2.34. The fraction of sp³-hybridized carbons (Fsp3) is 0.333. The van der Waals surface area contributed by atoms with Crippen LogP contribution >= 0.6 is 0 Å². The van der Waals surface area contributed by atoms with Gasteiger partial charge in [-0.25, -0.2) is 4.39 Å². The number of likely N-dealkylation sites (tertiary alicyclic amines) is 1. The Labute approximate surface area is 181 Å². The number of rotatable bonds is 7. The number of methoxy groups -OCH3 is 1. The van der Waals surface area contributed by atoms with Crippen LogP contribution in [-0.4, -0.2) is 36.2 Å². The average molecular weight is 423 g/mol. The molecule has 162 valence electrons. The van der Waals surface area contributed by atoms with Crippen molar-refractivity contribution in [2.75, 3.05) is 20.2 Å². The van der Waals surface area contributed by atoms with Gasteiger partial charge in [0.2, 0.25) is 5.76 Å². The van der Waals surface area contributed by atoms with E-state index in [-0.39, 0.29) is 23.4 Å². The van der Waals surface area contributed by atoms with Crippen molar-refractivity contribution in [1.82, 2.24) is 15.4 Å². The van der Waals surface area contributed by atoms with E-state index in [4.69, 9.17) is 9.26 Å². The molecule has 6 nitrogen and oxygen atoms in total. The zero-order valence-electron chi connectivity index (χ0n) is 17.5. The van der Waals surface area contributed by atoms with Gasteiger partial charge in [0.1, 0.15) is 11.6 Å². The number of benzene rings is 2. The Balaban J connectivity index is 1.34. The molecule has 1 aromatic heterocycles. The molecular weight excluding hydrogens is 397 g/mol. The van der Waals surface area contributed by atoms with E-state index in [2.05, 4.69) is 15.4 Å². The zero-order valence-corrected chi connectivity index (χ0v) is 17.5. The SMILES string of the molecule is COc1cccc(CNC(=O)c2cc(C3CCCN(Cc4cccc(F)c4)C3)no2)c1. The Morgan fingerprint density at radius 2 is 2.06 bits per heavy atom. The summed E-state index contributed by atoms with van der Waals surface area (Å²) in [6.45, 7) is 2.82. The van der Waals surface area contributed by atoms with Gasteiger partial charge in [-0.3, -0.25) is 9.69 Å². The number of ether oxygens (including phenoxy) is 1. The molecule has 1 saturated heterocycles. The van der Waals surface area contributed by atoms with Gasteiger partial charge < -0.3 is 14.6 Å². The Hall–Kier alpha value is -3.19. The summed E-state index contributed by atoms with van der Waals surface area (Å²) in [5, 5.41) is 7.01. The number of halogens is 1. The van der Waals surface area contributed by atoms with Crippen LogP contribution in [0.3, 0.4) is 0 Å². The van der Waals surface area contributed by atoms with E-state index in [1.54, 1.807) is 25.3 Å². The van der Waals surface area contributed by atoms with Gasteiger partial charge in [0.15, 0.2) is 0 Å². The molecule has 3 aromatic rings. The van der Waals surface area contributed by atoms with Crippen molar-refractivity contribution in [2.45, 2.75) is 31.8 Å². The smallest absolute Gasteiger partial charge is 0.290 e. The summed E-state index contributed by atoms with van der Waals surface area (Å²) in [5.74, 6) is 0.626.